The van der Waals surface area contributed by atoms with Crippen molar-refractivity contribution in [1.29, 1.82) is 5.26 Å². The highest BCUT2D eigenvalue weighted by Gasteiger charge is 2.36. The first kappa shape index (κ1) is 21.1. The summed E-state index contributed by atoms with van der Waals surface area (Å²) in [6.07, 6.45) is -2.23. The Balaban J connectivity index is 1.73. The molecule has 154 valence electrons. The highest BCUT2D eigenvalue weighted by molar-refractivity contribution is 7.89. The van der Waals surface area contributed by atoms with Gasteiger partial charge in [0.25, 0.3) is 0 Å². The molecule has 1 atom stereocenters. The number of halogens is 3. The largest absolute Gasteiger partial charge is 0.477 e. The van der Waals surface area contributed by atoms with Gasteiger partial charge in [0.05, 0.1) is 17.1 Å². The van der Waals surface area contributed by atoms with Crippen LogP contribution in [0.3, 0.4) is 0 Å². The Morgan fingerprint density at radius 2 is 2.00 bits per heavy atom. The van der Waals surface area contributed by atoms with Gasteiger partial charge in [-0.15, -0.1) is 0 Å². The zero-order valence-electron chi connectivity index (χ0n) is 15.3. The van der Waals surface area contributed by atoms with E-state index in [0.29, 0.717) is 12.8 Å². The first-order chi connectivity index (χ1) is 13.7. The van der Waals surface area contributed by atoms with E-state index in [1.54, 1.807) is 6.07 Å². The topological polar surface area (TPSA) is 83.3 Å². The average Bonchev–Trinajstić information content (AvgIpc) is 2.72. The third-order valence-electron chi connectivity index (χ3n) is 4.64. The number of piperidine rings is 1. The van der Waals surface area contributed by atoms with Gasteiger partial charge in [0.2, 0.25) is 15.9 Å². The summed E-state index contributed by atoms with van der Waals surface area (Å²) in [5, 5.41) is 9.18. The maximum absolute atomic E-state index is 13.1. The van der Waals surface area contributed by atoms with Crippen LogP contribution in [0.4, 0.5) is 13.2 Å². The van der Waals surface area contributed by atoms with Gasteiger partial charge in [-0.25, -0.2) is 13.4 Å². The Bertz CT molecular complexity index is 1020. The van der Waals surface area contributed by atoms with Crippen LogP contribution in [0.1, 0.15) is 24.0 Å². The van der Waals surface area contributed by atoms with Crippen molar-refractivity contribution in [2.75, 3.05) is 19.7 Å². The molecule has 0 amide bonds. The van der Waals surface area contributed by atoms with Crippen LogP contribution in [0.5, 0.6) is 5.88 Å². The Morgan fingerprint density at radius 1 is 1.24 bits per heavy atom. The van der Waals surface area contributed by atoms with Crippen molar-refractivity contribution in [1.82, 2.24) is 9.29 Å². The van der Waals surface area contributed by atoms with E-state index >= 15 is 0 Å². The van der Waals surface area contributed by atoms with E-state index < -0.39 is 27.6 Å². The number of aromatic nitrogens is 1. The maximum atomic E-state index is 13.1. The lowest BCUT2D eigenvalue weighted by Gasteiger charge is -2.32. The SMILES string of the molecule is N#Cc1ccccc1S(=O)(=O)N1CCCC(COc2ncccc2C(F)(F)F)C1. The van der Waals surface area contributed by atoms with Crippen molar-refractivity contribution in [3.8, 4) is 11.9 Å². The van der Waals surface area contributed by atoms with E-state index in [1.165, 1.54) is 34.8 Å². The molecule has 0 bridgehead atoms. The molecule has 1 saturated heterocycles. The second-order valence-electron chi connectivity index (χ2n) is 6.64. The highest BCUT2D eigenvalue weighted by atomic mass is 32.2. The molecule has 0 saturated carbocycles. The van der Waals surface area contributed by atoms with E-state index in [-0.39, 0.29) is 36.1 Å². The minimum atomic E-state index is -4.59. The zero-order chi connectivity index (χ0) is 21.1. The van der Waals surface area contributed by atoms with Gasteiger partial charge in [-0.2, -0.15) is 22.7 Å². The van der Waals surface area contributed by atoms with Gasteiger partial charge in [0.1, 0.15) is 11.6 Å². The normalized spacial score (nSPS) is 18.2. The molecule has 1 aliphatic heterocycles. The van der Waals surface area contributed by atoms with Crippen molar-refractivity contribution in [3.63, 3.8) is 0 Å². The van der Waals surface area contributed by atoms with Gasteiger partial charge in [0, 0.05) is 25.2 Å². The molecular weight excluding hydrogens is 407 g/mol. The molecule has 1 aromatic carbocycles. The number of nitrogens with zero attached hydrogens (tertiary/aromatic N) is 3. The van der Waals surface area contributed by atoms with E-state index in [9.17, 15) is 26.9 Å². The minimum Gasteiger partial charge on any atom is -0.477 e. The van der Waals surface area contributed by atoms with E-state index in [1.807, 2.05) is 6.07 Å². The van der Waals surface area contributed by atoms with Gasteiger partial charge >= 0.3 is 6.18 Å². The fraction of sp³-hybridized carbons (Fsp3) is 0.368. The number of benzene rings is 1. The van der Waals surface area contributed by atoms with Gasteiger partial charge < -0.3 is 4.74 Å². The summed E-state index contributed by atoms with van der Waals surface area (Å²) in [4.78, 5) is 3.58. The lowest BCUT2D eigenvalue weighted by molar-refractivity contribution is -0.139. The fourth-order valence-electron chi connectivity index (χ4n) is 3.22. The zero-order valence-corrected chi connectivity index (χ0v) is 16.1. The summed E-state index contributed by atoms with van der Waals surface area (Å²) in [5.74, 6) is -0.814. The van der Waals surface area contributed by atoms with Crippen molar-refractivity contribution >= 4 is 10.0 Å². The molecule has 0 radical (unpaired) electrons. The van der Waals surface area contributed by atoms with E-state index in [2.05, 4.69) is 4.98 Å². The van der Waals surface area contributed by atoms with Crippen molar-refractivity contribution in [2.24, 2.45) is 5.92 Å². The van der Waals surface area contributed by atoms with Crippen LogP contribution >= 0.6 is 0 Å². The first-order valence-corrected chi connectivity index (χ1v) is 10.3. The maximum Gasteiger partial charge on any atom is 0.421 e. The fourth-order valence-corrected chi connectivity index (χ4v) is 4.92. The van der Waals surface area contributed by atoms with Gasteiger partial charge in [-0.05, 0) is 37.1 Å². The van der Waals surface area contributed by atoms with Crippen LogP contribution in [0.25, 0.3) is 0 Å². The Kier molecular flexibility index (Phi) is 6.10. The van der Waals surface area contributed by atoms with Crippen LogP contribution < -0.4 is 4.74 Å². The first-order valence-electron chi connectivity index (χ1n) is 8.88. The van der Waals surface area contributed by atoms with E-state index in [4.69, 9.17) is 4.74 Å². The smallest absolute Gasteiger partial charge is 0.421 e. The molecule has 1 aliphatic rings. The van der Waals surface area contributed by atoms with Crippen LogP contribution in [0.15, 0.2) is 47.5 Å². The second kappa shape index (κ2) is 8.39. The Morgan fingerprint density at radius 3 is 2.72 bits per heavy atom. The van der Waals surface area contributed by atoms with Gasteiger partial charge in [-0.3, -0.25) is 0 Å². The molecule has 0 spiro atoms. The number of alkyl halides is 3. The molecule has 3 rings (SSSR count). The highest BCUT2D eigenvalue weighted by Crippen LogP contribution is 2.35. The van der Waals surface area contributed by atoms with Crippen molar-refractivity contribution in [3.05, 3.63) is 53.7 Å². The Labute approximate surface area is 166 Å². The summed E-state index contributed by atoms with van der Waals surface area (Å²) >= 11 is 0. The minimum absolute atomic E-state index is 0.0502. The summed E-state index contributed by atoms with van der Waals surface area (Å²) in [5.41, 5.74) is -0.919. The summed E-state index contributed by atoms with van der Waals surface area (Å²) in [7, 11) is -3.89. The monoisotopic (exact) mass is 425 g/mol. The summed E-state index contributed by atoms with van der Waals surface area (Å²) < 4.78 is 71.6. The van der Waals surface area contributed by atoms with Crippen LogP contribution in [0.2, 0.25) is 0 Å². The third kappa shape index (κ3) is 4.68. The van der Waals surface area contributed by atoms with Crippen LogP contribution in [-0.4, -0.2) is 37.4 Å². The molecule has 1 fully saturated rings. The predicted molar refractivity (Wildman–Crippen MR) is 97.4 cm³/mol. The van der Waals surface area contributed by atoms with Crippen molar-refractivity contribution in [2.45, 2.75) is 23.9 Å². The number of rotatable bonds is 5. The molecule has 1 unspecified atom stereocenters. The summed E-state index contributed by atoms with van der Waals surface area (Å²) in [6.45, 7) is 0.276. The molecule has 2 aromatic rings. The molecule has 0 N–H and O–H groups in total. The number of hydrogen-bond donors (Lipinski definition) is 0. The second-order valence-corrected chi connectivity index (χ2v) is 8.55. The standard InChI is InChI=1S/C19H18F3N3O3S/c20-19(21,22)16-7-3-9-24-18(16)28-13-14-5-4-10-25(12-14)29(26,27)17-8-2-1-6-15(17)11-23/h1-3,6-9,14H,4-5,10,12-13H2. The molecule has 1 aromatic heterocycles. The van der Waals surface area contributed by atoms with Crippen molar-refractivity contribution < 1.29 is 26.3 Å². The average molecular weight is 425 g/mol. The number of sulfonamides is 1. The van der Waals surface area contributed by atoms with Crippen LogP contribution in [0, 0.1) is 17.2 Å². The van der Waals surface area contributed by atoms with Gasteiger partial charge in [0.15, 0.2) is 0 Å². The van der Waals surface area contributed by atoms with E-state index in [0.717, 1.165) is 6.07 Å². The molecule has 2 heterocycles. The molecular formula is C19H18F3N3O3S. The number of nitriles is 1. The van der Waals surface area contributed by atoms with Crippen LogP contribution in [-0.2, 0) is 16.2 Å². The lowest BCUT2D eigenvalue weighted by Crippen LogP contribution is -2.41. The van der Waals surface area contributed by atoms with Gasteiger partial charge in [-0.1, -0.05) is 12.1 Å². The number of pyridine rings is 1. The predicted octanol–water partition coefficient (Wildman–Crippen LogP) is 3.45. The molecule has 6 nitrogen and oxygen atoms in total. The summed E-state index contributed by atoms with van der Waals surface area (Å²) in [6, 6.07) is 9.86. The molecule has 29 heavy (non-hydrogen) atoms. The quantitative estimate of drug-likeness (QED) is 0.733. The third-order valence-corrected chi connectivity index (χ3v) is 6.56. The number of hydrogen-bond acceptors (Lipinski definition) is 5. The lowest BCUT2D eigenvalue weighted by atomic mass is 10.0. The molecule has 0 aliphatic carbocycles. The molecule has 10 heteroatoms. The number of ether oxygens (including phenoxy) is 1. The Hall–Kier alpha value is -2.64.